The van der Waals surface area contributed by atoms with E-state index in [1.165, 1.54) is 44.9 Å². The van der Waals surface area contributed by atoms with Crippen molar-refractivity contribution in [1.82, 2.24) is 0 Å². The number of ether oxygens (including phenoxy) is 2. The maximum Gasteiger partial charge on any atom is 1.00 e. The maximum atomic E-state index is 12.1. The van der Waals surface area contributed by atoms with Crippen LogP contribution in [-0.2, 0) is 28.2 Å². The second-order valence-electron chi connectivity index (χ2n) is 7.61. The average Bonchev–Trinajstić information content (AvgIpc) is 2.78. The van der Waals surface area contributed by atoms with Crippen LogP contribution in [-0.4, -0.2) is 31.3 Å². The van der Waals surface area contributed by atoms with Crippen LogP contribution in [0.4, 0.5) is 0 Å². The SMILES string of the molecule is CC#CC#CC#CC(=O)OC[C@H](COP(=O)([O-])[O-])OC(=O)CCCCCCCCCCCCC.S.[HH].[HH].[HH].[HH].[HH].[Na+].[Na+]. The number of phosphoric ester groups is 1. The summed E-state index contributed by atoms with van der Waals surface area (Å²) in [5, 5.41) is 0. The number of esters is 2. The molecule has 0 aromatic carbocycles. The summed E-state index contributed by atoms with van der Waals surface area (Å²) in [6.45, 7) is 2.54. The first-order valence-corrected chi connectivity index (χ1v) is 13.2. The van der Waals surface area contributed by atoms with Crippen LogP contribution in [0.1, 0.15) is 98.0 Å². The molecule has 12 heteroatoms. The molecule has 37 heavy (non-hydrogen) atoms. The number of phosphoric acid groups is 1. The molecule has 0 spiro atoms. The molecule has 0 rings (SSSR count). The zero-order valence-corrected chi connectivity index (χ0v) is 28.6. The third-order valence-electron chi connectivity index (χ3n) is 4.58. The first kappa shape index (κ1) is 44.1. The summed E-state index contributed by atoms with van der Waals surface area (Å²) in [4.78, 5) is 45.1. The summed E-state index contributed by atoms with van der Waals surface area (Å²) in [6.07, 6.45) is 11.4. The normalized spacial score (nSPS) is 10.2. The number of unbranched alkanes of at least 4 members (excludes halogenated alkanes) is 10. The molecule has 1 atom stereocenters. The van der Waals surface area contributed by atoms with Gasteiger partial charge in [-0.3, -0.25) is 4.79 Å². The van der Waals surface area contributed by atoms with E-state index in [9.17, 15) is 23.9 Å². The van der Waals surface area contributed by atoms with Gasteiger partial charge >= 0.3 is 71.1 Å². The summed E-state index contributed by atoms with van der Waals surface area (Å²) in [7, 11) is -5.28. The third-order valence-corrected chi connectivity index (χ3v) is 5.04. The molecule has 0 aliphatic rings. The molecule has 0 heterocycles. The summed E-state index contributed by atoms with van der Waals surface area (Å²) in [6, 6.07) is 0. The number of carbonyl (C=O) groups is 2. The molecule has 0 saturated heterocycles. The largest absolute Gasteiger partial charge is 1.00 e. The van der Waals surface area contributed by atoms with E-state index >= 15 is 0 Å². The number of hydrogen-bond donors (Lipinski definition) is 0. The number of rotatable bonds is 18. The minimum atomic E-state index is -5.28. The van der Waals surface area contributed by atoms with E-state index < -0.39 is 39.1 Å². The second-order valence-corrected chi connectivity index (χ2v) is 8.77. The number of carbonyl (C=O) groups excluding carboxylic acids is 2. The van der Waals surface area contributed by atoms with Crippen molar-refractivity contribution in [3.63, 3.8) is 0 Å². The van der Waals surface area contributed by atoms with Gasteiger partial charge in [0.15, 0.2) is 6.10 Å². The summed E-state index contributed by atoms with van der Waals surface area (Å²) < 4.78 is 24.8. The van der Waals surface area contributed by atoms with E-state index in [1.54, 1.807) is 6.92 Å². The van der Waals surface area contributed by atoms with Crippen LogP contribution >= 0.6 is 21.3 Å². The van der Waals surface area contributed by atoms with Crippen LogP contribution in [0.5, 0.6) is 0 Å². The third kappa shape index (κ3) is 34.1. The molecule has 0 aromatic heterocycles. The zero-order valence-electron chi connectivity index (χ0n) is 22.7. The Labute approximate surface area is 281 Å². The molecule has 0 aliphatic carbocycles. The van der Waals surface area contributed by atoms with Crippen molar-refractivity contribution in [3.05, 3.63) is 0 Å². The van der Waals surface area contributed by atoms with Crippen molar-refractivity contribution in [1.29, 1.82) is 0 Å². The molecule has 0 N–H and O–H groups in total. The molecule has 0 saturated carbocycles. The maximum absolute atomic E-state index is 12.1. The van der Waals surface area contributed by atoms with Gasteiger partial charge in [0.1, 0.15) is 6.61 Å². The summed E-state index contributed by atoms with van der Waals surface area (Å²) in [5.74, 6) is 12.4. The van der Waals surface area contributed by atoms with Gasteiger partial charge in [0.05, 0.1) is 14.4 Å². The van der Waals surface area contributed by atoms with E-state index in [1.807, 2.05) is 0 Å². The van der Waals surface area contributed by atoms with Crippen molar-refractivity contribution in [3.8, 4) is 35.5 Å². The fourth-order valence-corrected chi connectivity index (χ4v) is 3.23. The Kier molecular flexibility index (Phi) is 36.5. The summed E-state index contributed by atoms with van der Waals surface area (Å²) >= 11 is 0. The second kappa shape index (κ2) is 30.6. The van der Waals surface area contributed by atoms with Crippen LogP contribution in [0.25, 0.3) is 0 Å². The van der Waals surface area contributed by atoms with Gasteiger partial charge in [-0.05, 0) is 37.0 Å². The smallest absolute Gasteiger partial charge is 0.790 e. The molecule has 0 aromatic rings. The van der Waals surface area contributed by atoms with E-state index in [0.29, 0.717) is 6.42 Å². The van der Waals surface area contributed by atoms with Crippen molar-refractivity contribution in [2.45, 2.75) is 97.0 Å². The summed E-state index contributed by atoms with van der Waals surface area (Å²) in [5.41, 5.74) is 0. The Hall–Kier alpha value is 0.0800. The van der Waals surface area contributed by atoms with Gasteiger partial charge in [0.2, 0.25) is 0 Å². The Morgan fingerprint density at radius 3 is 1.86 bits per heavy atom. The van der Waals surface area contributed by atoms with Crippen molar-refractivity contribution < 1.29 is 104 Å². The first-order valence-electron chi connectivity index (χ1n) is 11.7. The molecule has 0 aliphatic heterocycles. The van der Waals surface area contributed by atoms with Crippen LogP contribution in [0.2, 0.25) is 0 Å². The molecule has 0 fully saturated rings. The Balaban J connectivity index is -0.000000194. The Bertz CT molecular complexity index is 853. The van der Waals surface area contributed by atoms with Gasteiger partial charge in [-0.15, -0.1) is 0 Å². The van der Waals surface area contributed by atoms with Gasteiger partial charge in [-0.1, -0.05) is 77.1 Å². The van der Waals surface area contributed by atoms with Crippen molar-refractivity contribution in [2.24, 2.45) is 0 Å². The molecule has 208 valence electrons. The van der Waals surface area contributed by atoms with Crippen LogP contribution in [0.3, 0.4) is 0 Å². The van der Waals surface area contributed by atoms with Gasteiger partial charge < -0.3 is 28.3 Å². The van der Waals surface area contributed by atoms with Gasteiger partial charge in [-0.25, -0.2) is 4.79 Å². The van der Waals surface area contributed by atoms with Crippen molar-refractivity contribution >= 4 is 33.3 Å². The van der Waals surface area contributed by atoms with E-state index in [-0.39, 0.29) is 86.2 Å². The molecular weight excluding hydrogens is 537 g/mol. The molecule has 0 unspecified atom stereocenters. The average molecular weight is 585 g/mol. The zero-order chi connectivity index (χ0) is 25.5. The van der Waals surface area contributed by atoms with Crippen LogP contribution < -0.4 is 68.9 Å². The van der Waals surface area contributed by atoms with E-state index in [0.717, 1.165) is 19.3 Å². The number of hydrogen-bond acceptors (Lipinski definition) is 8. The van der Waals surface area contributed by atoms with Gasteiger partial charge in [0, 0.05) is 19.5 Å². The first-order chi connectivity index (χ1) is 16.3. The molecular formula is C25H47Na2O8PS. The van der Waals surface area contributed by atoms with Gasteiger partial charge in [-0.2, -0.15) is 13.5 Å². The van der Waals surface area contributed by atoms with Gasteiger partial charge in [0.25, 0.3) is 0 Å². The monoisotopic (exact) mass is 584 g/mol. The molecule has 0 amide bonds. The van der Waals surface area contributed by atoms with Crippen LogP contribution in [0, 0.1) is 35.5 Å². The minimum Gasteiger partial charge on any atom is -0.790 e. The predicted molar refractivity (Wildman–Crippen MR) is 145 cm³/mol. The fraction of sp³-hybridized carbons (Fsp3) is 0.680. The molecule has 8 nitrogen and oxygen atoms in total. The Morgan fingerprint density at radius 2 is 1.35 bits per heavy atom. The van der Waals surface area contributed by atoms with Crippen molar-refractivity contribution in [2.75, 3.05) is 13.2 Å². The molecule has 0 bridgehead atoms. The van der Waals surface area contributed by atoms with E-state index in [2.05, 4.69) is 47.0 Å². The Morgan fingerprint density at radius 1 is 0.838 bits per heavy atom. The predicted octanol–water partition coefficient (Wildman–Crippen LogP) is -1.63. The fourth-order valence-electron chi connectivity index (χ4n) is 2.88. The minimum absolute atomic E-state index is 0. The topological polar surface area (TPSA) is 125 Å². The molecule has 0 radical (unpaired) electrons. The standard InChI is InChI=1S/C25H37O8P.2Na.H2S.5H2/c1-3-5-7-9-10-11-12-13-14-16-18-20-25(27)33-23(22-32-34(28,29)30)21-31-24(26)19-17-15-8-6-4-2;;;;;;;;/h23H,3,5,7,9-14,16,18,20-22H2,1-2H3,(H2,28,29,30);;;1H2;5*1H/q;2*+1;;;;;;/p-2/t23-;;;;;;;;/m1......../s1. The van der Waals surface area contributed by atoms with Crippen LogP contribution in [0.15, 0.2) is 0 Å². The quantitative estimate of drug-likeness (QED) is 0.0470. The van der Waals surface area contributed by atoms with E-state index in [4.69, 9.17) is 9.47 Å².